The van der Waals surface area contributed by atoms with E-state index >= 15 is 0 Å². The molecular formula is C19H26N6OS. The molecule has 0 saturated heterocycles. The van der Waals surface area contributed by atoms with Crippen LogP contribution in [0.4, 0.5) is 0 Å². The van der Waals surface area contributed by atoms with Crippen molar-refractivity contribution in [2.75, 3.05) is 6.54 Å². The topological polar surface area (TPSA) is 76.8 Å². The van der Waals surface area contributed by atoms with Gasteiger partial charge in [-0.05, 0) is 44.1 Å². The first-order chi connectivity index (χ1) is 13.2. The Kier molecular flexibility index (Phi) is 4.46. The van der Waals surface area contributed by atoms with E-state index in [9.17, 15) is 4.79 Å². The van der Waals surface area contributed by atoms with E-state index in [2.05, 4.69) is 31.0 Å². The first-order valence-corrected chi connectivity index (χ1v) is 11.1. The zero-order valence-electron chi connectivity index (χ0n) is 15.8. The van der Waals surface area contributed by atoms with Gasteiger partial charge >= 0.3 is 0 Å². The first kappa shape index (κ1) is 17.3. The van der Waals surface area contributed by atoms with E-state index < -0.39 is 0 Å². The van der Waals surface area contributed by atoms with Crippen LogP contribution in [0.1, 0.15) is 81.9 Å². The van der Waals surface area contributed by atoms with Gasteiger partial charge in [0.25, 0.3) is 0 Å². The van der Waals surface area contributed by atoms with Crippen molar-refractivity contribution >= 4 is 17.4 Å². The predicted octanol–water partition coefficient (Wildman–Crippen LogP) is 3.55. The maximum Gasteiger partial charge on any atom is 0.226 e. The summed E-state index contributed by atoms with van der Waals surface area (Å²) in [4.78, 5) is 19.9. The number of rotatable bonds is 3. The van der Waals surface area contributed by atoms with Gasteiger partial charge < -0.3 is 9.47 Å². The second kappa shape index (κ2) is 6.96. The lowest BCUT2D eigenvalue weighted by molar-refractivity contribution is -0.139. The van der Waals surface area contributed by atoms with Crippen LogP contribution in [0.15, 0.2) is 0 Å². The zero-order chi connectivity index (χ0) is 18.4. The Morgan fingerprint density at radius 3 is 2.56 bits per heavy atom. The molecule has 2 fully saturated rings. The van der Waals surface area contributed by atoms with Crippen molar-refractivity contribution in [3.05, 3.63) is 11.6 Å². The third-order valence-corrected chi connectivity index (χ3v) is 6.97. The number of hydrogen-bond donors (Lipinski definition) is 0. The number of aromatic nitrogens is 5. The molecule has 144 valence electrons. The van der Waals surface area contributed by atoms with E-state index in [0.29, 0.717) is 11.8 Å². The Hall–Kier alpha value is -1.83. The number of carbonyl (C=O) groups is 1. The van der Waals surface area contributed by atoms with E-state index in [1.54, 1.807) is 0 Å². The zero-order valence-corrected chi connectivity index (χ0v) is 16.6. The van der Waals surface area contributed by atoms with Gasteiger partial charge in [-0.25, -0.2) is 4.98 Å². The molecule has 2 aliphatic carbocycles. The van der Waals surface area contributed by atoms with Crippen molar-refractivity contribution < 1.29 is 4.79 Å². The fraction of sp³-hybridized carbons (Fsp3) is 0.737. The molecule has 2 aromatic heterocycles. The first-order valence-electron chi connectivity index (χ1n) is 10.3. The summed E-state index contributed by atoms with van der Waals surface area (Å²) in [5, 5.41) is 9.71. The van der Waals surface area contributed by atoms with E-state index in [4.69, 9.17) is 0 Å². The van der Waals surface area contributed by atoms with Gasteiger partial charge in [0.2, 0.25) is 5.91 Å². The minimum absolute atomic E-state index is 0.0356. The summed E-state index contributed by atoms with van der Waals surface area (Å²) in [6.07, 6.45) is 9.36. The quantitative estimate of drug-likeness (QED) is 0.754. The molecular weight excluding hydrogens is 360 g/mol. The van der Waals surface area contributed by atoms with E-state index in [0.717, 1.165) is 48.4 Å². The van der Waals surface area contributed by atoms with Crippen LogP contribution in [0.25, 0.3) is 10.8 Å². The highest BCUT2D eigenvalue weighted by molar-refractivity contribution is 7.09. The molecule has 0 N–H and O–H groups in total. The second-order valence-electron chi connectivity index (χ2n) is 8.16. The molecule has 0 unspecified atom stereocenters. The highest BCUT2D eigenvalue weighted by Gasteiger charge is 2.35. The van der Waals surface area contributed by atoms with Gasteiger partial charge in [0.05, 0.1) is 6.04 Å². The molecule has 1 atom stereocenters. The Morgan fingerprint density at radius 1 is 1.04 bits per heavy atom. The van der Waals surface area contributed by atoms with E-state index in [1.807, 2.05) is 4.90 Å². The summed E-state index contributed by atoms with van der Waals surface area (Å²) in [5.74, 6) is 3.69. The minimum atomic E-state index is -0.0356. The van der Waals surface area contributed by atoms with Crippen LogP contribution in [0, 0.1) is 5.92 Å². The maximum atomic E-state index is 13.1. The van der Waals surface area contributed by atoms with Gasteiger partial charge in [0.1, 0.15) is 5.82 Å². The van der Waals surface area contributed by atoms with E-state index in [1.165, 1.54) is 50.1 Å². The second-order valence-corrected chi connectivity index (χ2v) is 8.91. The van der Waals surface area contributed by atoms with Crippen molar-refractivity contribution in [2.45, 2.75) is 76.8 Å². The molecule has 0 radical (unpaired) electrons. The molecule has 1 amide bonds. The van der Waals surface area contributed by atoms with Crippen LogP contribution >= 0.6 is 11.5 Å². The van der Waals surface area contributed by atoms with Crippen LogP contribution < -0.4 is 0 Å². The van der Waals surface area contributed by atoms with Gasteiger partial charge in [-0.2, -0.15) is 4.37 Å². The lowest BCUT2D eigenvalue weighted by Crippen LogP contribution is -2.44. The van der Waals surface area contributed by atoms with Crippen molar-refractivity contribution in [2.24, 2.45) is 5.92 Å². The number of nitrogens with zero attached hydrogens (tertiary/aromatic N) is 6. The summed E-state index contributed by atoms with van der Waals surface area (Å²) >= 11 is 1.42. The predicted molar refractivity (Wildman–Crippen MR) is 102 cm³/mol. The standard InChI is InChI=1S/C19H26N6OS/c1-12-16-21-22-17(18-20-15(23-27-18)13-8-9-13)25(16)11-10-24(12)19(26)14-6-4-2-3-5-7-14/h12-14H,2-11H2,1H3/t12-/m1/s1. The van der Waals surface area contributed by atoms with Gasteiger partial charge in [0, 0.05) is 24.9 Å². The molecule has 0 aromatic carbocycles. The van der Waals surface area contributed by atoms with Gasteiger partial charge in [0.15, 0.2) is 16.7 Å². The van der Waals surface area contributed by atoms with Gasteiger partial charge in [-0.15, -0.1) is 10.2 Å². The smallest absolute Gasteiger partial charge is 0.226 e. The highest BCUT2D eigenvalue weighted by Crippen LogP contribution is 2.40. The van der Waals surface area contributed by atoms with E-state index in [-0.39, 0.29) is 12.0 Å². The fourth-order valence-corrected chi connectivity index (χ4v) is 5.18. The normalized spacial score (nSPS) is 23.9. The highest BCUT2D eigenvalue weighted by atomic mass is 32.1. The Labute approximate surface area is 163 Å². The fourth-order valence-electron chi connectivity index (χ4n) is 4.44. The minimum Gasteiger partial charge on any atom is -0.331 e. The number of amides is 1. The monoisotopic (exact) mass is 386 g/mol. The molecule has 7 nitrogen and oxygen atoms in total. The number of hydrogen-bond acceptors (Lipinski definition) is 6. The average Bonchev–Trinajstić information content (AvgIpc) is 3.35. The molecule has 3 aliphatic rings. The van der Waals surface area contributed by atoms with Crippen LogP contribution in [0.5, 0.6) is 0 Å². The molecule has 0 bridgehead atoms. The summed E-state index contributed by atoms with van der Waals surface area (Å²) in [7, 11) is 0. The van der Waals surface area contributed by atoms with Crippen LogP contribution in [-0.4, -0.2) is 41.5 Å². The molecule has 27 heavy (non-hydrogen) atoms. The molecule has 8 heteroatoms. The molecule has 5 rings (SSSR count). The van der Waals surface area contributed by atoms with Gasteiger partial charge in [-0.3, -0.25) is 4.79 Å². The average molecular weight is 387 g/mol. The SMILES string of the molecule is C[C@@H]1c2nnc(-c3nc(C4CC4)ns3)n2CCN1C(=O)C1CCCCCC1. The summed E-state index contributed by atoms with van der Waals surface area (Å²) in [6, 6.07) is -0.0356. The van der Waals surface area contributed by atoms with Crippen molar-refractivity contribution in [1.29, 1.82) is 0 Å². The van der Waals surface area contributed by atoms with Crippen molar-refractivity contribution in [3.63, 3.8) is 0 Å². The molecule has 3 heterocycles. The molecule has 1 aliphatic heterocycles. The number of fused-ring (bicyclic) bond motifs is 1. The molecule has 0 spiro atoms. The third kappa shape index (κ3) is 3.17. The Morgan fingerprint density at radius 2 is 1.81 bits per heavy atom. The van der Waals surface area contributed by atoms with Crippen molar-refractivity contribution in [3.8, 4) is 10.8 Å². The lowest BCUT2D eigenvalue weighted by Gasteiger charge is -2.35. The summed E-state index contributed by atoms with van der Waals surface area (Å²) in [5.41, 5.74) is 0. The maximum absolute atomic E-state index is 13.1. The molecule has 2 saturated carbocycles. The molecule has 2 aromatic rings. The summed E-state index contributed by atoms with van der Waals surface area (Å²) < 4.78 is 6.64. The lowest BCUT2D eigenvalue weighted by atomic mass is 9.97. The Balaban J connectivity index is 1.36. The Bertz CT molecular complexity index is 833. The van der Waals surface area contributed by atoms with Crippen LogP contribution in [0.2, 0.25) is 0 Å². The third-order valence-electron chi connectivity index (χ3n) is 6.25. The van der Waals surface area contributed by atoms with Gasteiger partial charge in [-0.1, -0.05) is 25.7 Å². The van der Waals surface area contributed by atoms with Crippen molar-refractivity contribution in [1.82, 2.24) is 29.0 Å². The largest absolute Gasteiger partial charge is 0.331 e. The number of carbonyl (C=O) groups excluding carboxylic acids is 1. The summed E-state index contributed by atoms with van der Waals surface area (Å²) in [6.45, 7) is 3.54. The van der Waals surface area contributed by atoms with Crippen LogP contribution in [-0.2, 0) is 11.3 Å². The van der Waals surface area contributed by atoms with Crippen LogP contribution in [0.3, 0.4) is 0 Å².